The van der Waals surface area contributed by atoms with Gasteiger partial charge in [-0.1, -0.05) is 13.8 Å². The Morgan fingerprint density at radius 3 is 2.44 bits per heavy atom. The molecule has 0 atom stereocenters. The van der Waals surface area contributed by atoms with E-state index >= 15 is 0 Å². The number of hydrogen-bond donors (Lipinski definition) is 2. The Kier molecular flexibility index (Phi) is 8.52. The summed E-state index contributed by atoms with van der Waals surface area (Å²) in [5.41, 5.74) is 5.33. The summed E-state index contributed by atoms with van der Waals surface area (Å²) in [6.07, 6.45) is 2.05. The number of amides is 2. The summed E-state index contributed by atoms with van der Waals surface area (Å²) in [6.45, 7) is 5.71. The fourth-order valence-corrected chi connectivity index (χ4v) is 1.34. The SMILES string of the molecule is CCCNC(=O)CN(CCC)C(=O)CCN. The molecule has 5 nitrogen and oxygen atoms in total. The van der Waals surface area contributed by atoms with Crippen molar-refractivity contribution in [3.05, 3.63) is 0 Å². The molecule has 0 fully saturated rings. The lowest BCUT2D eigenvalue weighted by Crippen LogP contribution is -2.41. The van der Waals surface area contributed by atoms with E-state index in [0.29, 0.717) is 26.1 Å². The first kappa shape index (κ1) is 14.9. The summed E-state index contributed by atoms with van der Waals surface area (Å²) in [5.74, 6) is -0.142. The van der Waals surface area contributed by atoms with Gasteiger partial charge in [-0.15, -0.1) is 0 Å². The van der Waals surface area contributed by atoms with Gasteiger partial charge in [0.2, 0.25) is 11.8 Å². The van der Waals surface area contributed by atoms with Crippen LogP contribution in [-0.4, -0.2) is 42.9 Å². The van der Waals surface area contributed by atoms with Crippen LogP contribution in [0.25, 0.3) is 0 Å². The molecule has 0 saturated carbocycles. The van der Waals surface area contributed by atoms with Crippen molar-refractivity contribution in [2.75, 3.05) is 26.2 Å². The van der Waals surface area contributed by atoms with Crippen molar-refractivity contribution in [1.29, 1.82) is 0 Å². The van der Waals surface area contributed by atoms with E-state index in [2.05, 4.69) is 5.32 Å². The molecule has 0 saturated heterocycles. The second-order valence-corrected chi connectivity index (χ2v) is 3.70. The van der Waals surface area contributed by atoms with E-state index < -0.39 is 0 Å². The van der Waals surface area contributed by atoms with Crippen molar-refractivity contribution >= 4 is 11.8 Å². The molecule has 16 heavy (non-hydrogen) atoms. The van der Waals surface area contributed by atoms with E-state index in [0.717, 1.165) is 12.8 Å². The summed E-state index contributed by atoms with van der Waals surface area (Å²) < 4.78 is 0. The maximum atomic E-state index is 11.6. The third-order valence-corrected chi connectivity index (χ3v) is 2.11. The molecule has 0 aromatic rings. The number of nitrogens with one attached hydrogen (secondary N) is 1. The van der Waals surface area contributed by atoms with Crippen LogP contribution in [0.15, 0.2) is 0 Å². The summed E-state index contributed by atoms with van der Waals surface area (Å²) in [5, 5.41) is 2.75. The van der Waals surface area contributed by atoms with E-state index in [9.17, 15) is 9.59 Å². The highest BCUT2D eigenvalue weighted by molar-refractivity contribution is 5.84. The first-order chi connectivity index (χ1) is 7.65. The van der Waals surface area contributed by atoms with Crippen LogP contribution >= 0.6 is 0 Å². The molecule has 0 aromatic heterocycles. The highest BCUT2D eigenvalue weighted by Crippen LogP contribution is 1.95. The first-order valence-electron chi connectivity index (χ1n) is 5.90. The van der Waals surface area contributed by atoms with Crippen molar-refractivity contribution in [1.82, 2.24) is 10.2 Å². The van der Waals surface area contributed by atoms with E-state index in [4.69, 9.17) is 5.73 Å². The Bertz CT molecular complexity index is 219. The molecule has 0 unspecified atom stereocenters. The Morgan fingerprint density at radius 1 is 1.25 bits per heavy atom. The zero-order chi connectivity index (χ0) is 12.4. The van der Waals surface area contributed by atoms with Crippen molar-refractivity contribution in [3.63, 3.8) is 0 Å². The van der Waals surface area contributed by atoms with Crippen molar-refractivity contribution in [2.24, 2.45) is 5.73 Å². The van der Waals surface area contributed by atoms with Gasteiger partial charge in [0.05, 0.1) is 6.54 Å². The fraction of sp³-hybridized carbons (Fsp3) is 0.818. The zero-order valence-electron chi connectivity index (χ0n) is 10.3. The number of rotatable bonds is 8. The van der Waals surface area contributed by atoms with E-state index in [1.807, 2.05) is 13.8 Å². The van der Waals surface area contributed by atoms with Crippen molar-refractivity contribution in [2.45, 2.75) is 33.1 Å². The zero-order valence-corrected chi connectivity index (χ0v) is 10.3. The van der Waals surface area contributed by atoms with Crippen molar-refractivity contribution in [3.8, 4) is 0 Å². The maximum Gasteiger partial charge on any atom is 0.239 e. The average Bonchev–Trinajstić information content (AvgIpc) is 2.26. The second-order valence-electron chi connectivity index (χ2n) is 3.70. The number of hydrogen-bond acceptors (Lipinski definition) is 3. The van der Waals surface area contributed by atoms with Crippen LogP contribution in [-0.2, 0) is 9.59 Å². The molecule has 3 N–H and O–H groups in total. The van der Waals surface area contributed by atoms with Gasteiger partial charge < -0.3 is 16.0 Å². The average molecular weight is 229 g/mol. The van der Waals surface area contributed by atoms with E-state index in [-0.39, 0.29) is 18.4 Å². The van der Waals surface area contributed by atoms with E-state index in [1.54, 1.807) is 4.90 Å². The summed E-state index contributed by atoms with van der Waals surface area (Å²) in [7, 11) is 0. The molecule has 0 rings (SSSR count). The molecule has 5 heteroatoms. The third kappa shape index (κ3) is 6.40. The Hall–Kier alpha value is -1.10. The molecule has 0 radical (unpaired) electrons. The standard InChI is InChI=1S/C11H23N3O2/c1-3-7-13-10(15)9-14(8-4-2)11(16)5-6-12/h3-9,12H2,1-2H3,(H,13,15). The quantitative estimate of drug-likeness (QED) is 0.620. The second kappa shape index (κ2) is 9.15. The van der Waals surface area contributed by atoms with Crippen molar-refractivity contribution < 1.29 is 9.59 Å². The Labute approximate surface area is 97.4 Å². The third-order valence-electron chi connectivity index (χ3n) is 2.11. The molecule has 0 aromatic carbocycles. The fourth-order valence-electron chi connectivity index (χ4n) is 1.34. The van der Waals surface area contributed by atoms with Gasteiger partial charge in [0.25, 0.3) is 0 Å². The molecule has 0 bridgehead atoms. The number of nitrogens with zero attached hydrogens (tertiary/aromatic N) is 1. The lowest BCUT2D eigenvalue weighted by Gasteiger charge is -2.21. The minimum absolute atomic E-state index is 0.0454. The molecule has 94 valence electrons. The number of carbonyl (C=O) groups excluding carboxylic acids is 2. The lowest BCUT2D eigenvalue weighted by molar-refractivity contribution is -0.135. The van der Waals surface area contributed by atoms with Crippen LogP contribution in [0.4, 0.5) is 0 Å². The van der Waals surface area contributed by atoms with Gasteiger partial charge in [-0.3, -0.25) is 9.59 Å². The lowest BCUT2D eigenvalue weighted by atomic mass is 10.3. The highest BCUT2D eigenvalue weighted by atomic mass is 16.2. The van der Waals surface area contributed by atoms with Gasteiger partial charge in [0.15, 0.2) is 0 Å². The smallest absolute Gasteiger partial charge is 0.239 e. The summed E-state index contributed by atoms with van der Waals surface area (Å²) >= 11 is 0. The van der Waals surface area contributed by atoms with Gasteiger partial charge in [0.1, 0.15) is 0 Å². The normalized spacial score (nSPS) is 9.94. The minimum atomic E-state index is -0.0966. The van der Waals surface area contributed by atoms with Gasteiger partial charge >= 0.3 is 0 Å². The topological polar surface area (TPSA) is 75.4 Å². The van der Waals surface area contributed by atoms with Crippen LogP contribution in [0.1, 0.15) is 33.1 Å². The van der Waals surface area contributed by atoms with Crippen LogP contribution in [0.5, 0.6) is 0 Å². The predicted octanol–water partition coefficient (Wildman–Crippen LogP) is 0.100. The van der Waals surface area contributed by atoms with Crippen LogP contribution in [0.3, 0.4) is 0 Å². The molecule has 0 heterocycles. The number of nitrogens with two attached hydrogens (primary N) is 1. The molecular formula is C11H23N3O2. The molecule has 0 spiro atoms. The minimum Gasteiger partial charge on any atom is -0.355 e. The Balaban J connectivity index is 4.10. The first-order valence-corrected chi connectivity index (χ1v) is 5.90. The number of carbonyl (C=O) groups is 2. The van der Waals surface area contributed by atoms with Crippen LogP contribution in [0, 0.1) is 0 Å². The maximum absolute atomic E-state index is 11.6. The summed E-state index contributed by atoms with van der Waals surface area (Å²) in [6, 6.07) is 0. The van der Waals surface area contributed by atoms with Crippen LogP contribution in [0.2, 0.25) is 0 Å². The monoisotopic (exact) mass is 229 g/mol. The largest absolute Gasteiger partial charge is 0.355 e. The van der Waals surface area contributed by atoms with Crippen LogP contribution < -0.4 is 11.1 Å². The Morgan fingerprint density at radius 2 is 1.94 bits per heavy atom. The van der Waals surface area contributed by atoms with Gasteiger partial charge in [-0.05, 0) is 12.8 Å². The highest BCUT2D eigenvalue weighted by Gasteiger charge is 2.14. The molecule has 2 amide bonds. The predicted molar refractivity (Wildman–Crippen MR) is 63.8 cm³/mol. The molecule has 0 aliphatic heterocycles. The molecular weight excluding hydrogens is 206 g/mol. The van der Waals surface area contributed by atoms with E-state index in [1.165, 1.54) is 0 Å². The van der Waals surface area contributed by atoms with Gasteiger partial charge in [-0.25, -0.2) is 0 Å². The van der Waals surface area contributed by atoms with Gasteiger partial charge in [0, 0.05) is 26.1 Å². The molecule has 0 aliphatic carbocycles. The van der Waals surface area contributed by atoms with Gasteiger partial charge in [-0.2, -0.15) is 0 Å². The summed E-state index contributed by atoms with van der Waals surface area (Å²) in [4.78, 5) is 24.6. The molecule has 0 aliphatic rings.